The van der Waals surface area contributed by atoms with E-state index in [1.54, 1.807) is 6.07 Å². The molecule has 0 saturated carbocycles. The fraction of sp³-hybridized carbons (Fsp3) is 0.533. The van der Waals surface area contributed by atoms with E-state index in [1.807, 2.05) is 12.1 Å². The summed E-state index contributed by atoms with van der Waals surface area (Å²) in [7, 11) is 0. The van der Waals surface area contributed by atoms with Gasteiger partial charge < -0.3 is 10.2 Å². The van der Waals surface area contributed by atoms with E-state index >= 15 is 0 Å². The monoisotopic (exact) mass is 277 g/mol. The van der Waals surface area contributed by atoms with Crippen LogP contribution in [0.25, 0.3) is 0 Å². The Bertz CT molecular complexity index is 461. The number of halogens is 1. The third-order valence-electron chi connectivity index (χ3n) is 3.65. The van der Waals surface area contributed by atoms with Crippen molar-refractivity contribution < 1.29 is 0 Å². The smallest absolute Gasteiger partial charge is 0.0992 e. The zero-order chi connectivity index (χ0) is 13.7. The van der Waals surface area contributed by atoms with E-state index in [0.717, 1.165) is 25.3 Å². The van der Waals surface area contributed by atoms with Gasteiger partial charge in [-0.3, -0.25) is 0 Å². The lowest BCUT2D eigenvalue weighted by molar-refractivity contribution is 0.400. The molecule has 1 aromatic rings. The molecule has 0 bridgehead atoms. The van der Waals surface area contributed by atoms with Crippen molar-refractivity contribution in [1.82, 2.24) is 5.32 Å². The van der Waals surface area contributed by atoms with Gasteiger partial charge in [-0.1, -0.05) is 18.0 Å². The number of likely N-dealkylation sites (N-methyl/N-ethyl adjacent to an activating group) is 1. The molecule has 1 atom stereocenters. The first-order valence-electron chi connectivity index (χ1n) is 6.92. The number of nitrogens with zero attached hydrogens (tertiary/aromatic N) is 2. The SMILES string of the molecule is CCN(CC1CCCCN1)c1ccc(C#N)cc1Cl. The molecular formula is C15H20ClN3. The van der Waals surface area contributed by atoms with E-state index in [4.69, 9.17) is 16.9 Å². The largest absolute Gasteiger partial charge is 0.369 e. The summed E-state index contributed by atoms with van der Waals surface area (Å²) in [4.78, 5) is 2.28. The Hall–Kier alpha value is -1.24. The zero-order valence-electron chi connectivity index (χ0n) is 11.3. The predicted molar refractivity (Wildman–Crippen MR) is 79.7 cm³/mol. The molecule has 0 radical (unpaired) electrons. The van der Waals surface area contributed by atoms with Gasteiger partial charge in [-0.15, -0.1) is 0 Å². The molecular weight excluding hydrogens is 258 g/mol. The summed E-state index contributed by atoms with van der Waals surface area (Å²) in [6, 6.07) is 8.19. The highest BCUT2D eigenvalue weighted by atomic mass is 35.5. The summed E-state index contributed by atoms with van der Waals surface area (Å²) in [6.45, 7) is 5.15. The van der Waals surface area contributed by atoms with Crippen molar-refractivity contribution in [3.8, 4) is 6.07 Å². The summed E-state index contributed by atoms with van der Waals surface area (Å²) >= 11 is 6.29. The molecule has 0 aromatic heterocycles. The van der Waals surface area contributed by atoms with Crippen molar-refractivity contribution in [2.75, 3.05) is 24.5 Å². The number of benzene rings is 1. The first-order valence-corrected chi connectivity index (χ1v) is 7.30. The second kappa shape index (κ2) is 6.79. The van der Waals surface area contributed by atoms with Crippen molar-refractivity contribution in [2.24, 2.45) is 0 Å². The Morgan fingerprint density at radius 2 is 2.32 bits per heavy atom. The van der Waals surface area contributed by atoms with Crippen LogP contribution in [0, 0.1) is 11.3 Å². The van der Waals surface area contributed by atoms with Gasteiger partial charge in [-0.05, 0) is 44.5 Å². The van der Waals surface area contributed by atoms with Crippen LogP contribution in [0.3, 0.4) is 0 Å². The van der Waals surface area contributed by atoms with Crippen LogP contribution in [0.4, 0.5) is 5.69 Å². The predicted octanol–water partition coefficient (Wildman–Crippen LogP) is 3.18. The lowest BCUT2D eigenvalue weighted by Gasteiger charge is -2.31. The Morgan fingerprint density at radius 1 is 1.47 bits per heavy atom. The van der Waals surface area contributed by atoms with Crippen molar-refractivity contribution in [1.29, 1.82) is 5.26 Å². The van der Waals surface area contributed by atoms with Crippen LogP contribution in [-0.2, 0) is 0 Å². The Balaban J connectivity index is 2.10. The minimum atomic E-state index is 0.542. The van der Waals surface area contributed by atoms with Gasteiger partial charge in [-0.2, -0.15) is 5.26 Å². The maximum absolute atomic E-state index is 8.88. The Kier molecular flexibility index (Phi) is 5.07. The molecule has 3 nitrogen and oxygen atoms in total. The second-order valence-corrected chi connectivity index (χ2v) is 5.37. The van der Waals surface area contributed by atoms with E-state index in [-0.39, 0.29) is 0 Å². The molecule has 1 aliphatic rings. The highest BCUT2D eigenvalue weighted by Crippen LogP contribution is 2.27. The van der Waals surface area contributed by atoms with E-state index in [0.29, 0.717) is 16.6 Å². The molecule has 19 heavy (non-hydrogen) atoms. The molecule has 1 heterocycles. The number of hydrogen-bond acceptors (Lipinski definition) is 3. The lowest BCUT2D eigenvalue weighted by atomic mass is 10.0. The fourth-order valence-corrected chi connectivity index (χ4v) is 2.88. The van der Waals surface area contributed by atoms with Gasteiger partial charge >= 0.3 is 0 Å². The third kappa shape index (κ3) is 3.62. The summed E-state index contributed by atoms with van der Waals surface area (Å²) in [5.74, 6) is 0. The first kappa shape index (κ1) is 14.2. The van der Waals surface area contributed by atoms with Gasteiger partial charge in [0.15, 0.2) is 0 Å². The molecule has 0 spiro atoms. The maximum atomic E-state index is 8.88. The average molecular weight is 278 g/mol. The van der Waals surface area contributed by atoms with Gasteiger partial charge in [0.2, 0.25) is 0 Å². The normalized spacial score (nSPS) is 18.9. The van der Waals surface area contributed by atoms with Gasteiger partial charge in [0.05, 0.1) is 22.3 Å². The molecule has 1 saturated heterocycles. The van der Waals surface area contributed by atoms with E-state index in [2.05, 4.69) is 23.2 Å². The number of hydrogen-bond donors (Lipinski definition) is 1. The molecule has 1 unspecified atom stereocenters. The summed E-state index contributed by atoms with van der Waals surface area (Å²) in [5, 5.41) is 13.1. The number of anilines is 1. The van der Waals surface area contributed by atoms with Crippen molar-refractivity contribution in [2.45, 2.75) is 32.2 Å². The molecule has 2 rings (SSSR count). The summed E-state index contributed by atoms with van der Waals surface area (Å²) < 4.78 is 0. The fourth-order valence-electron chi connectivity index (χ4n) is 2.58. The molecule has 1 aliphatic heterocycles. The van der Waals surface area contributed by atoms with Crippen LogP contribution in [0.1, 0.15) is 31.7 Å². The quantitative estimate of drug-likeness (QED) is 0.919. The van der Waals surface area contributed by atoms with Gasteiger partial charge in [0.1, 0.15) is 0 Å². The molecule has 4 heteroatoms. The molecule has 1 N–H and O–H groups in total. The number of nitrogens with one attached hydrogen (secondary N) is 1. The Labute approximate surface area is 120 Å². The maximum Gasteiger partial charge on any atom is 0.0992 e. The van der Waals surface area contributed by atoms with Crippen molar-refractivity contribution >= 4 is 17.3 Å². The zero-order valence-corrected chi connectivity index (χ0v) is 12.1. The van der Waals surface area contributed by atoms with Gasteiger partial charge in [0.25, 0.3) is 0 Å². The van der Waals surface area contributed by atoms with E-state index in [1.165, 1.54) is 19.3 Å². The molecule has 102 valence electrons. The van der Waals surface area contributed by atoms with Crippen LogP contribution in [-0.4, -0.2) is 25.7 Å². The van der Waals surface area contributed by atoms with Gasteiger partial charge in [-0.25, -0.2) is 0 Å². The van der Waals surface area contributed by atoms with Crippen LogP contribution in [0.5, 0.6) is 0 Å². The van der Waals surface area contributed by atoms with Crippen molar-refractivity contribution in [3.05, 3.63) is 28.8 Å². The number of piperidine rings is 1. The standard InChI is InChI=1S/C15H20ClN3/c1-2-19(11-13-5-3-4-8-18-13)15-7-6-12(10-17)9-14(15)16/h6-7,9,13,18H,2-5,8,11H2,1H3. The number of nitriles is 1. The molecule has 0 amide bonds. The summed E-state index contributed by atoms with van der Waals surface area (Å²) in [5.41, 5.74) is 1.64. The molecule has 1 fully saturated rings. The topological polar surface area (TPSA) is 39.1 Å². The van der Waals surface area contributed by atoms with Crippen LogP contribution in [0.2, 0.25) is 5.02 Å². The average Bonchev–Trinajstić information content (AvgIpc) is 2.46. The first-order chi connectivity index (χ1) is 9.24. The molecule has 0 aliphatic carbocycles. The molecule has 1 aromatic carbocycles. The highest BCUT2D eigenvalue weighted by molar-refractivity contribution is 6.33. The number of rotatable bonds is 4. The van der Waals surface area contributed by atoms with E-state index < -0.39 is 0 Å². The van der Waals surface area contributed by atoms with Gasteiger partial charge in [0, 0.05) is 19.1 Å². The minimum absolute atomic E-state index is 0.542. The van der Waals surface area contributed by atoms with Crippen LogP contribution in [0.15, 0.2) is 18.2 Å². The summed E-state index contributed by atoms with van der Waals surface area (Å²) in [6.07, 6.45) is 3.81. The second-order valence-electron chi connectivity index (χ2n) is 4.96. The van der Waals surface area contributed by atoms with Crippen LogP contribution >= 0.6 is 11.6 Å². The highest BCUT2D eigenvalue weighted by Gasteiger charge is 2.17. The minimum Gasteiger partial charge on any atom is -0.369 e. The Morgan fingerprint density at radius 3 is 2.89 bits per heavy atom. The third-order valence-corrected chi connectivity index (χ3v) is 3.96. The van der Waals surface area contributed by atoms with E-state index in [9.17, 15) is 0 Å². The van der Waals surface area contributed by atoms with Crippen molar-refractivity contribution in [3.63, 3.8) is 0 Å². The van der Waals surface area contributed by atoms with Crippen LogP contribution < -0.4 is 10.2 Å². The lowest BCUT2D eigenvalue weighted by Crippen LogP contribution is -2.43.